The summed E-state index contributed by atoms with van der Waals surface area (Å²) in [6, 6.07) is 15.4. The molecule has 1 saturated heterocycles. The second-order valence-corrected chi connectivity index (χ2v) is 6.43. The maximum absolute atomic E-state index is 12.5. The maximum atomic E-state index is 12.5. The minimum Gasteiger partial charge on any atom is -0.388 e. The second kappa shape index (κ2) is 8.01. The number of benzene rings is 2. The lowest BCUT2D eigenvalue weighted by Gasteiger charge is -2.20. The van der Waals surface area contributed by atoms with Crippen molar-refractivity contribution < 1.29 is 19.5 Å². The van der Waals surface area contributed by atoms with Gasteiger partial charge in [-0.05, 0) is 36.2 Å². The van der Waals surface area contributed by atoms with E-state index in [2.05, 4.69) is 5.32 Å². The summed E-state index contributed by atoms with van der Waals surface area (Å²) in [6.45, 7) is 0.378. The normalized spacial score (nSPS) is 14.8. The van der Waals surface area contributed by atoms with Crippen LogP contribution in [0.25, 0.3) is 0 Å². The summed E-state index contributed by atoms with van der Waals surface area (Å²) in [5.41, 5.74) is 1.85. The van der Waals surface area contributed by atoms with Crippen LogP contribution < -0.4 is 10.2 Å². The third kappa shape index (κ3) is 4.32. The molecule has 7 heteroatoms. The van der Waals surface area contributed by atoms with Crippen LogP contribution in [0.15, 0.2) is 54.6 Å². The van der Waals surface area contributed by atoms with Gasteiger partial charge in [-0.2, -0.15) is 0 Å². The highest BCUT2D eigenvalue weighted by Gasteiger charge is 2.28. The molecule has 0 saturated carbocycles. The van der Waals surface area contributed by atoms with Gasteiger partial charge in [0.1, 0.15) is 6.54 Å². The molecular weight excluding hydrogens is 346 g/mol. The molecule has 1 aliphatic heterocycles. The lowest BCUT2D eigenvalue weighted by Crippen LogP contribution is -2.29. The van der Waals surface area contributed by atoms with Crippen LogP contribution in [0.2, 0.25) is 0 Å². The van der Waals surface area contributed by atoms with Gasteiger partial charge in [0.15, 0.2) is 0 Å². The maximum Gasteiger partial charge on any atom is 0.329 e. The number of urea groups is 1. The van der Waals surface area contributed by atoms with Crippen molar-refractivity contribution in [3.8, 4) is 0 Å². The largest absolute Gasteiger partial charge is 0.388 e. The smallest absolute Gasteiger partial charge is 0.329 e. The molecule has 4 amide bonds. The van der Waals surface area contributed by atoms with Gasteiger partial charge in [0.2, 0.25) is 5.91 Å². The van der Waals surface area contributed by atoms with Gasteiger partial charge in [-0.1, -0.05) is 30.3 Å². The third-order valence-electron chi connectivity index (χ3n) is 4.49. The number of hydrogen-bond acceptors (Lipinski definition) is 4. The molecule has 0 aromatic heterocycles. The van der Waals surface area contributed by atoms with E-state index in [1.165, 1.54) is 4.90 Å². The van der Waals surface area contributed by atoms with Gasteiger partial charge in [-0.25, -0.2) is 4.79 Å². The molecule has 1 heterocycles. The fourth-order valence-corrected chi connectivity index (χ4v) is 2.91. The zero-order chi connectivity index (χ0) is 19.4. The summed E-state index contributed by atoms with van der Waals surface area (Å²) in [5, 5.41) is 12.4. The van der Waals surface area contributed by atoms with Gasteiger partial charge in [0, 0.05) is 24.8 Å². The van der Waals surface area contributed by atoms with Gasteiger partial charge in [0.05, 0.1) is 6.10 Å². The van der Waals surface area contributed by atoms with E-state index in [1.54, 1.807) is 36.2 Å². The molecule has 0 bridgehead atoms. The zero-order valence-corrected chi connectivity index (χ0v) is 15.0. The van der Waals surface area contributed by atoms with Crippen molar-refractivity contribution in [1.82, 2.24) is 10.2 Å². The minimum atomic E-state index is -0.630. The Kier molecular flexibility index (Phi) is 5.52. The fourth-order valence-electron chi connectivity index (χ4n) is 2.91. The Balaban J connectivity index is 1.58. The Hall–Kier alpha value is -3.19. The number of hydrogen-bond donors (Lipinski definition) is 2. The first kappa shape index (κ1) is 18.6. The summed E-state index contributed by atoms with van der Waals surface area (Å²) in [5.74, 6) is -0.527. The van der Waals surface area contributed by atoms with Crippen LogP contribution in [-0.4, -0.2) is 48.0 Å². The summed E-state index contributed by atoms with van der Waals surface area (Å²) in [7, 11) is 1.68. The summed E-state index contributed by atoms with van der Waals surface area (Å²) >= 11 is 0. The molecule has 0 spiro atoms. The van der Waals surface area contributed by atoms with Gasteiger partial charge in [-0.15, -0.1) is 0 Å². The van der Waals surface area contributed by atoms with Crippen molar-refractivity contribution in [3.63, 3.8) is 0 Å². The Morgan fingerprint density at radius 2 is 1.81 bits per heavy atom. The number of imide groups is 1. The first-order valence-electron chi connectivity index (χ1n) is 8.65. The Labute approximate surface area is 157 Å². The minimum absolute atomic E-state index is 0.0244. The lowest BCUT2D eigenvalue weighted by molar-refractivity contribution is -0.117. The van der Waals surface area contributed by atoms with Gasteiger partial charge < -0.3 is 10.0 Å². The average Bonchev–Trinajstić information content (AvgIpc) is 3.04. The van der Waals surface area contributed by atoms with Crippen molar-refractivity contribution in [1.29, 1.82) is 0 Å². The highest BCUT2D eigenvalue weighted by atomic mass is 16.3. The van der Waals surface area contributed by atoms with Crippen molar-refractivity contribution >= 4 is 23.5 Å². The number of carbonyl (C=O) groups is 3. The number of rotatable bonds is 6. The summed E-state index contributed by atoms with van der Waals surface area (Å²) < 4.78 is 0. The molecule has 140 valence electrons. The molecule has 3 rings (SSSR count). The molecule has 2 aromatic carbocycles. The van der Waals surface area contributed by atoms with Crippen LogP contribution in [0.1, 0.15) is 28.4 Å². The van der Waals surface area contributed by atoms with Crippen molar-refractivity contribution in [2.45, 2.75) is 12.5 Å². The zero-order valence-electron chi connectivity index (χ0n) is 15.0. The molecule has 1 fully saturated rings. The van der Waals surface area contributed by atoms with Crippen LogP contribution in [0.5, 0.6) is 0 Å². The van der Waals surface area contributed by atoms with Crippen molar-refractivity contribution in [2.24, 2.45) is 0 Å². The number of amides is 4. The van der Waals surface area contributed by atoms with E-state index < -0.39 is 12.1 Å². The number of nitrogens with zero attached hydrogens (tertiary/aromatic N) is 2. The van der Waals surface area contributed by atoms with E-state index in [0.29, 0.717) is 24.2 Å². The molecule has 0 unspecified atom stereocenters. The molecule has 7 nitrogen and oxygen atoms in total. The Morgan fingerprint density at radius 1 is 1.15 bits per heavy atom. The molecule has 2 N–H and O–H groups in total. The number of aliphatic hydroxyl groups excluding tert-OH is 1. The monoisotopic (exact) mass is 367 g/mol. The van der Waals surface area contributed by atoms with E-state index in [4.69, 9.17) is 0 Å². The highest BCUT2D eigenvalue weighted by molar-refractivity contribution is 6.12. The van der Waals surface area contributed by atoms with E-state index >= 15 is 0 Å². The van der Waals surface area contributed by atoms with Crippen LogP contribution in [-0.2, 0) is 4.79 Å². The molecule has 2 aromatic rings. The second-order valence-electron chi connectivity index (χ2n) is 6.43. The number of nitrogens with one attached hydrogen (secondary N) is 1. The topological polar surface area (TPSA) is 89.9 Å². The van der Waals surface area contributed by atoms with E-state index in [9.17, 15) is 19.5 Å². The van der Waals surface area contributed by atoms with Crippen molar-refractivity contribution in [3.05, 3.63) is 65.7 Å². The molecule has 27 heavy (non-hydrogen) atoms. The SMILES string of the molecule is CN(CC[C@H](O)c1ccccc1)C(=O)c1ccc(N2CC(=O)NC2=O)cc1. The average molecular weight is 367 g/mol. The number of carbonyl (C=O) groups excluding carboxylic acids is 3. The molecule has 1 atom stereocenters. The van der Waals surface area contributed by atoms with Crippen LogP contribution in [0.4, 0.5) is 10.5 Å². The molecular formula is C20H21N3O4. The van der Waals surface area contributed by atoms with Gasteiger partial charge in [-0.3, -0.25) is 19.8 Å². The van der Waals surface area contributed by atoms with Gasteiger partial charge >= 0.3 is 6.03 Å². The first-order chi connectivity index (χ1) is 13.0. The molecule has 0 aliphatic carbocycles. The highest BCUT2D eigenvalue weighted by Crippen LogP contribution is 2.19. The van der Waals surface area contributed by atoms with E-state index in [0.717, 1.165) is 5.56 Å². The lowest BCUT2D eigenvalue weighted by atomic mass is 10.1. The predicted octanol–water partition coefficient (Wildman–Crippen LogP) is 1.94. The van der Waals surface area contributed by atoms with Crippen molar-refractivity contribution in [2.75, 3.05) is 25.0 Å². The van der Waals surface area contributed by atoms with Crippen LogP contribution >= 0.6 is 0 Å². The quantitative estimate of drug-likeness (QED) is 0.764. The standard InChI is InChI=1S/C20H21N3O4/c1-22(12-11-17(24)14-5-3-2-4-6-14)19(26)15-7-9-16(10-8-15)23-13-18(25)21-20(23)27/h2-10,17,24H,11-13H2,1H3,(H,21,25,27)/t17-/m0/s1. The summed E-state index contributed by atoms with van der Waals surface area (Å²) in [6.07, 6.45) is -0.199. The van der Waals surface area contributed by atoms with Gasteiger partial charge in [0.25, 0.3) is 5.91 Å². The fraction of sp³-hybridized carbons (Fsp3) is 0.250. The van der Waals surface area contributed by atoms with Crippen LogP contribution in [0, 0.1) is 0 Å². The van der Waals surface area contributed by atoms with E-state index in [1.807, 2.05) is 30.3 Å². The molecule has 0 radical (unpaired) electrons. The van der Waals surface area contributed by atoms with E-state index in [-0.39, 0.29) is 18.4 Å². The molecule has 1 aliphatic rings. The number of aliphatic hydroxyl groups is 1. The summed E-state index contributed by atoms with van der Waals surface area (Å²) in [4.78, 5) is 38.4. The first-order valence-corrected chi connectivity index (χ1v) is 8.65. The van der Waals surface area contributed by atoms with Crippen LogP contribution in [0.3, 0.4) is 0 Å². The number of anilines is 1. The Morgan fingerprint density at radius 3 is 2.41 bits per heavy atom. The third-order valence-corrected chi connectivity index (χ3v) is 4.49. The Bertz CT molecular complexity index is 836. The predicted molar refractivity (Wildman–Crippen MR) is 100 cm³/mol.